The summed E-state index contributed by atoms with van der Waals surface area (Å²) < 4.78 is 0. The van der Waals surface area contributed by atoms with Crippen LogP contribution in [0.4, 0.5) is 0 Å². The van der Waals surface area contributed by atoms with Gasteiger partial charge in [-0.15, -0.1) is 0 Å². The van der Waals surface area contributed by atoms with Gasteiger partial charge in [0.25, 0.3) is 0 Å². The number of nitrogens with two attached hydrogens (primary N) is 1. The van der Waals surface area contributed by atoms with Crippen LogP contribution in [0.1, 0.15) is 57.8 Å². The van der Waals surface area contributed by atoms with Gasteiger partial charge in [-0.3, -0.25) is 4.79 Å². The van der Waals surface area contributed by atoms with Crippen molar-refractivity contribution in [3.05, 3.63) is 0 Å². The number of hydrogen-bond acceptors (Lipinski definition) is 1. The average molecular weight is 209 g/mol. The lowest BCUT2D eigenvalue weighted by atomic mass is 9.73. The molecule has 2 saturated carbocycles. The Hall–Kier alpha value is -0.530. The number of carbonyl (C=O) groups excluding carboxylic acids is 1. The monoisotopic (exact) mass is 209 g/mol. The van der Waals surface area contributed by atoms with Crippen LogP contribution in [0.3, 0.4) is 0 Å². The Labute approximate surface area is 92.6 Å². The molecule has 0 heterocycles. The number of amides is 1. The second kappa shape index (κ2) is 5.00. The summed E-state index contributed by atoms with van der Waals surface area (Å²) in [6, 6.07) is 0. The Morgan fingerprint density at radius 3 is 1.67 bits per heavy atom. The van der Waals surface area contributed by atoms with Crippen LogP contribution in [0.15, 0.2) is 0 Å². The van der Waals surface area contributed by atoms with E-state index in [2.05, 4.69) is 0 Å². The Morgan fingerprint density at radius 2 is 1.27 bits per heavy atom. The smallest absolute Gasteiger partial charge is 0.221 e. The van der Waals surface area contributed by atoms with E-state index in [4.69, 9.17) is 5.73 Å². The van der Waals surface area contributed by atoms with Crippen molar-refractivity contribution in [2.45, 2.75) is 57.8 Å². The van der Waals surface area contributed by atoms with Crippen LogP contribution in [0, 0.1) is 17.8 Å². The van der Waals surface area contributed by atoms with E-state index < -0.39 is 0 Å². The second-order valence-electron chi connectivity index (χ2n) is 5.37. The van der Waals surface area contributed by atoms with Crippen molar-refractivity contribution in [1.82, 2.24) is 0 Å². The third-order valence-corrected chi connectivity index (χ3v) is 4.39. The molecule has 0 aromatic heterocycles. The van der Waals surface area contributed by atoms with E-state index in [0.29, 0.717) is 11.8 Å². The number of rotatable bonds is 3. The number of primary amides is 1. The molecule has 2 nitrogen and oxygen atoms in total. The van der Waals surface area contributed by atoms with Gasteiger partial charge in [0.15, 0.2) is 0 Å². The molecule has 2 rings (SSSR count). The van der Waals surface area contributed by atoms with E-state index in [1.54, 1.807) is 0 Å². The minimum absolute atomic E-state index is 0.0196. The SMILES string of the molecule is NC(=O)C(C1CCCCC1)C1CCCC1. The quantitative estimate of drug-likeness (QED) is 0.763. The molecular formula is C13H23NO. The zero-order valence-corrected chi connectivity index (χ0v) is 9.58. The average Bonchev–Trinajstić information content (AvgIpc) is 2.72. The second-order valence-corrected chi connectivity index (χ2v) is 5.37. The molecule has 2 N–H and O–H groups in total. The van der Waals surface area contributed by atoms with E-state index in [1.165, 1.54) is 57.8 Å². The lowest BCUT2D eigenvalue weighted by Crippen LogP contribution is -2.36. The first-order chi connectivity index (χ1) is 7.29. The summed E-state index contributed by atoms with van der Waals surface area (Å²) in [5.41, 5.74) is 5.61. The molecule has 15 heavy (non-hydrogen) atoms. The molecule has 2 aliphatic rings. The van der Waals surface area contributed by atoms with Gasteiger partial charge < -0.3 is 5.73 Å². The Morgan fingerprint density at radius 1 is 0.867 bits per heavy atom. The Kier molecular flexibility index (Phi) is 3.66. The van der Waals surface area contributed by atoms with Crippen LogP contribution >= 0.6 is 0 Å². The molecule has 2 aliphatic carbocycles. The van der Waals surface area contributed by atoms with E-state index in [0.717, 1.165) is 0 Å². The zero-order chi connectivity index (χ0) is 10.7. The number of hydrogen-bond donors (Lipinski definition) is 1. The molecule has 0 radical (unpaired) electrons. The molecule has 86 valence electrons. The summed E-state index contributed by atoms with van der Waals surface area (Å²) >= 11 is 0. The minimum atomic E-state index is -0.0196. The highest BCUT2D eigenvalue weighted by atomic mass is 16.1. The van der Waals surface area contributed by atoms with Gasteiger partial charge in [0.2, 0.25) is 5.91 Å². The van der Waals surface area contributed by atoms with E-state index in [1.807, 2.05) is 0 Å². The first-order valence-corrected chi connectivity index (χ1v) is 6.58. The summed E-state index contributed by atoms with van der Waals surface area (Å²) in [5, 5.41) is 0. The lowest BCUT2D eigenvalue weighted by molar-refractivity contribution is -0.126. The largest absolute Gasteiger partial charge is 0.369 e. The van der Waals surface area contributed by atoms with Crippen molar-refractivity contribution >= 4 is 5.91 Å². The standard InChI is InChI=1S/C13H23NO/c14-13(15)12(11-8-4-5-9-11)10-6-2-1-3-7-10/h10-12H,1-9H2,(H2,14,15). The molecule has 0 bridgehead atoms. The molecule has 1 unspecified atom stereocenters. The van der Waals surface area contributed by atoms with E-state index >= 15 is 0 Å². The molecule has 1 amide bonds. The first kappa shape index (κ1) is 11.0. The maximum Gasteiger partial charge on any atom is 0.221 e. The fourth-order valence-corrected chi connectivity index (χ4v) is 3.66. The molecule has 0 aromatic carbocycles. The van der Waals surface area contributed by atoms with Crippen LogP contribution in [0.2, 0.25) is 0 Å². The summed E-state index contributed by atoms with van der Waals surface area (Å²) in [7, 11) is 0. The number of carbonyl (C=O) groups is 1. The van der Waals surface area contributed by atoms with Gasteiger partial charge in [0.05, 0.1) is 0 Å². The highest BCUT2D eigenvalue weighted by Gasteiger charge is 2.35. The fourth-order valence-electron chi connectivity index (χ4n) is 3.66. The highest BCUT2D eigenvalue weighted by Crippen LogP contribution is 2.40. The van der Waals surface area contributed by atoms with Gasteiger partial charge in [-0.2, -0.15) is 0 Å². The maximum atomic E-state index is 11.6. The third-order valence-electron chi connectivity index (χ3n) is 4.39. The van der Waals surface area contributed by atoms with Crippen LogP contribution in [-0.2, 0) is 4.79 Å². The van der Waals surface area contributed by atoms with Crippen LogP contribution < -0.4 is 5.73 Å². The molecule has 2 heteroatoms. The first-order valence-electron chi connectivity index (χ1n) is 6.58. The van der Waals surface area contributed by atoms with Crippen molar-refractivity contribution in [3.63, 3.8) is 0 Å². The summed E-state index contributed by atoms with van der Waals surface area (Å²) in [6.45, 7) is 0. The maximum absolute atomic E-state index is 11.6. The molecular weight excluding hydrogens is 186 g/mol. The topological polar surface area (TPSA) is 43.1 Å². The summed E-state index contributed by atoms with van der Waals surface area (Å²) in [4.78, 5) is 11.6. The Bertz CT molecular complexity index is 215. The third kappa shape index (κ3) is 2.53. The van der Waals surface area contributed by atoms with E-state index in [9.17, 15) is 4.79 Å². The predicted octanol–water partition coefficient (Wildman–Crippen LogP) is 2.86. The van der Waals surface area contributed by atoms with Gasteiger partial charge in [-0.1, -0.05) is 32.1 Å². The minimum Gasteiger partial charge on any atom is -0.369 e. The van der Waals surface area contributed by atoms with Crippen molar-refractivity contribution in [1.29, 1.82) is 0 Å². The molecule has 2 fully saturated rings. The van der Waals surface area contributed by atoms with Crippen LogP contribution in [0.25, 0.3) is 0 Å². The lowest BCUT2D eigenvalue weighted by Gasteiger charge is -2.32. The summed E-state index contributed by atoms with van der Waals surface area (Å²) in [5.74, 6) is 1.41. The molecule has 1 atom stereocenters. The highest BCUT2D eigenvalue weighted by molar-refractivity contribution is 5.77. The fraction of sp³-hybridized carbons (Fsp3) is 0.923. The van der Waals surface area contributed by atoms with E-state index in [-0.39, 0.29) is 11.8 Å². The zero-order valence-electron chi connectivity index (χ0n) is 9.58. The molecule has 0 aromatic rings. The van der Waals surface area contributed by atoms with Crippen molar-refractivity contribution < 1.29 is 4.79 Å². The van der Waals surface area contributed by atoms with Gasteiger partial charge in [0, 0.05) is 5.92 Å². The van der Waals surface area contributed by atoms with Crippen molar-refractivity contribution in [2.24, 2.45) is 23.5 Å². The molecule has 0 aliphatic heterocycles. The van der Waals surface area contributed by atoms with Gasteiger partial charge in [0.1, 0.15) is 0 Å². The predicted molar refractivity (Wildman–Crippen MR) is 61.2 cm³/mol. The van der Waals surface area contributed by atoms with Crippen LogP contribution in [-0.4, -0.2) is 5.91 Å². The molecule has 0 spiro atoms. The Balaban J connectivity index is 2.00. The van der Waals surface area contributed by atoms with Crippen LogP contribution in [0.5, 0.6) is 0 Å². The van der Waals surface area contributed by atoms with Gasteiger partial charge in [-0.05, 0) is 37.5 Å². The van der Waals surface area contributed by atoms with Crippen molar-refractivity contribution in [3.8, 4) is 0 Å². The van der Waals surface area contributed by atoms with Gasteiger partial charge >= 0.3 is 0 Å². The molecule has 0 saturated heterocycles. The summed E-state index contributed by atoms with van der Waals surface area (Å²) in [6.07, 6.45) is 11.5. The normalized spacial score (nSPS) is 26.7. The van der Waals surface area contributed by atoms with Crippen molar-refractivity contribution in [2.75, 3.05) is 0 Å². The van der Waals surface area contributed by atoms with Gasteiger partial charge in [-0.25, -0.2) is 0 Å².